The van der Waals surface area contributed by atoms with Crippen molar-refractivity contribution in [2.75, 3.05) is 6.54 Å². The van der Waals surface area contributed by atoms with Crippen molar-refractivity contribution in [1.29, 1.82) is 0 Å². The molecule has 0 bridgehead atoms. The fourth-order valence-corrected chi connectivity index (χ4v) is 1.65. The smallest absolute Gasteiger partial charge is 0.220 e. The number of nitrogens with one attached hydrogen (secondary N) is 1. The summed E-state index contributed by atoms with van der Waals surface area (Å²) in [6.45, 7) is 5.09. The lowest BCUT2D eigenvalue weighted by Crippen LogP contribution is -2.24. The van der Waals surface area contributed by atoms with Crippen molar-refractivity contribution in [2.24, 2.45) is 11.7 Å². The Morgan fingerprint density at radius 3 is 2.95 bits per heavy atom. The van der Waals surface area contributed by atoms with Crippen LogP contribution in [0.15, 0.2) is 24.3 Å². The number of hydrogen-bond donors (Lipinski definition) is 2. The van der Waals surface area contributed by atoms with Gasteiger partial charge in [0.1, 0.15) is 0 Å². The van der Waals surface area contributed by atoms with Crippen LogP contribution in [0, 0.1) is 17.8 Å². The summed E-state index contributed by atoms with van der Waals surface area (Å²) in [7, 11) is 0. The first kappa shape index (κ1) is 15.3. The Kier molecular flexibility index (Phi) is 6.70. The van der Waals surface area contributed by atoms with Crippen LogP contribution in [0.4, 0.5) is 0 Å². The molecule has 0 aliphatic rings. The SMILES string of the molecule is CCC(C)CC(=O)NCc1cccc(C#CCN)c1. The highest BCUT2D eigenvalue weighted by Gasteiger charge is 2.06. The second-order valence-corrected chi connectivity index (χ2v) is 4.70. The Bertz CT molecular complexity index is 471. The maximum Gasteiger partial charge on any atom is 0.220 e. The zero-order chi connectivity index (χ0) is 14.1. The van der Waals surface area contributed by atoms with Gasteiger partial charge in [-0.15, -0.1) is 0 Å². The van der Waals surface area contributed by atoms with Crippen LogP contribution in [0.1, 0.15) is 37.8 Å². The molecule has 1 aromatic rings. The number of nitrogens with two attached hydrogens (primary N) is 1. The van der Waals surface area contributed by atoms with Crippen LogP contribution in [-0.2, 0) is 11.3 Å². The number of amides is 1. The van der Waals surface area contributed by atoms with Crippen LogP contribution in [0.3, 0.4) is 0 Å². The number of hydrogen-bond acceptors (Lipinski definition) is 2. The molecule has 0 aliphatic carbocycles. The van der Waals surface area contributed by atoms with Crippen molar-refractivity contribution in [3.8, 4) is 11.8 Å². The van der Waals surface area contributed by atoms with Crippen LogP contribution in [0.2, 0.25) is 0 Å². The van der Waals surface area contributed by atoms with Crippen LogP contribution < -0.4 is 11.1 Å². The van der Waals surface area contributed by atoms with Crippen molar-refractivity contribution in [3.05, 3.63) is 35.4 Å². The molecule has 0 fully saturated rings. The van der Waals surface area contributed by atoms with Crippen LogP contribution >= 0.6 is 0 Å². The Balaban J connectivity index is 2.51. The van der Waals surface area contributed by atoms with Gasteiger partial charge in [-0.25, -0.2) is 0 Å². The third-order valence-electron chi connectivity index (χ3n) is 2.98. The van der Waals surface area contributed by atoms with E-state index in [1.807, 2.05) is 24.3 Å². The van der Waals surface area contributed by atoms with Gasteiger partial charge in [0.2, 0.25) is 5.91 Å². The highest BCUT2D eigenvalue weighted by molar-refractivity contribution is 5.76. The summed E-state index contributed by atoms with van der Waals surface area (Å²) in [6.07, 6.45) is 1.61. The monoisotopic (exact) mass is 258 g/mol. The highest BCUT2D eigenvalue weighted by Crippen LogP contribution is 2.07. The van der Waals surface area contributed by atoms with Crippen molar-refractivity contribution in [2.45, 2.75) is 33.2 Å². The summed E-state index contributed by atoms with van der Waals surface area (Å²) >= 11 is 0. The quantitative estimate of drug-likeness (QED) is 0.794. The average Bonchev–Trinajstić information content (AvgIpc) is 2.43. The molecule has 3 N–H and O–H groups in total. The molecule has 1 unspecified atom stereocenters. The zero-order valence-corrected chi connectivity index (χ0v) is 11.7. The van der Waals surface area contributed by atoms with Crippen molar-refractivity contribution in [3.63, 3.8) is 0 Å². The molecule has 0 aliphatic heterocycles. The molecule has 102 valence electrons. The number of rotatable bonds is 5. The van der Waals surface area contributed by atoms with Crippen LogP contribution in [-0.4, -0.2) is 12.5 Å². The first-order chi connectivity index (χ1) is 9.15. The van der Waals surface area contributed by atoms with Gasteiger partial charge >= 0.3 is 0 Å². The summed E-state index contributed by atoms with van der Waals surface area (Å²) in [6, 6.07) is 7.84. The van der Waals surface area contributed by atoms with E-state index in [1.165, 1.54) is 0 Å². The number of carbonyl (C=O) groups excluding carboxylic acids is 1. The molecule has 19 heavy (non-hydrogen) atoms. The summed E-state index contributed by atoms with van der Waals surface area (Å²) in [5.41, 5.74) is 7.33. The molecule has 0 spiro atoms. The second-order valence-electron chi connectivity index (χ2n) is 4.70. The molecule has 0 heterocycles. The Hall–Kier alpha value is -1.79. The molecule has 1 rings (SSSR count). The Morgan fingerprint density at radius 2 is 2.26 bits per heavy atom. The molecule has 1 amide bonds. The van der Waals surface area contributed by atoms with Crippen LogP contribution in [0.25, 0.3) is 0 Å². The van der Waals surface area contributed by atoms with Gasteiger partial charge in [-0.05, 0) is 23.6 Å². The summed E-state index contributed by atoms with van der Waals surface area (Å²) < 4.78 is 0. The van der Waals surface area contributed by atoms with E-state index >= 15 is 0 Å². The lowest BCUT2D eigenvalue weighted by Gasteiger charge is -2.09. The highest BCUT2D eigenvalue weighted by atomic mass is 16.1. The normalized spacial score (nSPS) is 11.3. The van der Waals surface area contributed by atoms with Gasteiger partial charge in [0.15, 0.2) is 0 Å². The zero-order valence-electron chi connectivity index (χ0n) is 11.7. The summed E-state index contributed by atoms with van der Waals surface area (Å²) in [5, 5.41) is 2.94. The third-order valence-corrected chi connectivity index (χ3v) is 2.98. The molecule has 3 heteroatoms. The maximum absolute atomic E-state index is 11.7. The van der Waals surface area contributed by atoms with Gasteiger partial charge in [-0.1, -0.05) is 44.2 Å². The van der Waals surface area contributed by atoms with E-state index in [-0.39, 0.29) is 5.91 Å². The fourth-order valence-electron chi connectivity index (χ4n) is 1.65. The molecule has 1 aromatic carbocycles. The summed E-state index contributed by atoms with van der Waals surface area (Å²) in [5.74, 6) is 6.34. The fraction of sp³-hybridized carbons (Fsp3) is 0.438. The molecule has 1 atom stereocenters. The van der Waals surface area contributed by atoms with E-state index in [0.717, 1.165) is 17.5 Å². The van der Waals surface area contributed by atoms with Crippen LogP contribution in [0.5, 0.6) is 0 Å². The molecular weight excluding hydrogens is 236 g/mol. The maximum atomic E-state index is 11.7. The van der Waals surface area contributed by atoms with Gasteiger partial charge in [0.05, 0.1) is 6.54 Å². The lowest BCUT2D eigenvalue weighted by atomic mass is 10.0. The van der Waals surface area contributed by atoms with E-state index in [1.54, 1.807) is 0 Å². The molecule has 0 radical (unpaired) electrons. The largest absolute Gasteiger partial charge is 0.352 e. The first-order valence-corrected chi connectivity index (χ1v) is 6.70. The summed E-state index contributed by atoms with van der Waals surface area (Å²) in [4.78, 5) is 11.7. The predicted molar refractivity (Wildman–Crippen MR) is 78.3 cm³/mol. The predicted octanol–water partition coefficient (Wildman–Crippen LogP) is 2.05. The van der Waals surface area contributed by atoms with E-state index < -0.39 is 0 Å². The minimum Gasteiger partial charge on any atom is -0.352 e. The van der Waals surface area contributed by atoms with E-state index in [4.69, 9.17) is 5.73 Å². The second kappa shape index (κ2) is 8.34. The lowest BCUT2D eigenvalue weighted by molar-refractivity contribution is -0.122. The first-order valence-electron chi connectivity index (χ1n) is 6.70. The minimum absolute atomic E-state index is 0.104. The van der Waals surface area contributed by atoms with Gasteiger partial charge in [0, 0.05) is 18.5 Å². The van der Waals surface area contributed by atoms with Gasteiger partial charge in [0.25, 0.3) is 0 Å². The molecular formula is C16H22N2O. The number of carbonyl (C=O) groups is 1. The molecule has 0 saturated carbocycles. The Morgan fingerprint density at radius 1 is 1.47 bits per heavy atom. The van der Waals surface area contributed by atoms with Crippen molar-refractivity contribution in [1.82, 2.24) is 5.32 Å². The topological polar surface area (TPSA) is 55.1 Å². The van der Waals surface area contributed by atoms with Gasteiger partial charge in [-0.2, -0.15) is 0 Å². The van der Waals surface area contributed by atoms with Gasteiger partial charge in [-0.3, -0.25) is 4.79 Å². The van der Waals surface area contributed by atoms with Crippen molar-refractivity contribution < 1.29 is 4.79 Å². The van der Waals surface area contributed by atoms with E-state index in [2.05, 4.69) is 31.0 Å². The molecule has 0 aromatic heterocycles. The third kappa shape index (κ3) is 6.08. The molecule has 3 nitrogen and oxygen atoms in total. The minimum atomic E-state index is 0.104. The van der Waals surface area contributed by atoms with E-state index in [0.29, 0.717) is 25.4 Å². The molecule has 0 saturated heterocycles. The number of benzene rings is 1. The Labute approximate surface area is 115 Å². The average molecular weight is 258 g/mol. The standard InChI is InChI=1S/C16H22N2O/c1-3-13(2)10-16(19)18-12-15-7-4-6-14(11-15)8-5-9-17/h4,6-7,11,13H,3,9-10,12,17H2,1-2H3,(H,18,19). The van der Waals surface area contributed by atoms with Gasteiger partial charge < -0.3 is 11.1 Å². The van der Waals surface area contributed by atoms with Crippen molar-refractivity contribution >= 4 is 5.91 Å². The van der Waals surface area contributed by atoms with E-state index in [9.17, 15) is 4.79 Å².